The van der Waals surface area contributed by atoms with Gasteiger partial charge in [-0.3, -0.25) is 9.89 Å². The fourth-order valence-corrected chi connectivity index (χ4v) is 5.85. The summed E-state index contributed by atoms with van der Waals surface area (Å²) in [4.78, 5) is 45.2. The largest absolute Gasteiger partial charge is 0.334 e. The number of rotatable bonds is 5. The zero-order valence-corrected chi connectivity index (χ0v) is 22.9. The fourth-order valence-electron chi connectivity index (χ4n) is 5.85. The molecule has 5 rings (SSSR count). The maximum Gasteiger partial charge on any atom is 0.322 e. The second kappa shape index (κ2) is 11.0. The minimum atomic E-state index is -0.651. The smallest absolute Gasteiger partial charge is 0.322 e. The van der Waals surface area contributed by atoms with Crippen LogP contribution in [0, 0.1) is 0 Å². The van der Waals surface area contributed by atoms with Crippen LogP contribution >= 0.6 is 0 Å². The van der Waals surface area contributed by atoms with Crippen LogP contribution in [0.1, 0.15) is 44.7 Å². The number of benzene rings is 1. The molecule has 5 amide bonds. The lowest BCUT2D eigenvalue weighted by Crippen LogP contribution is -2.57. The average molecular weight is 532 g/mol. The van der Waals surface area contributed by atoms with Crippen LogP contribution in [-0.2, 0) is 17.8 Å². The summed E-state index contributed by atoms with van der Waals surface area (Å²) in [5, 5.41) is 14.2. The van der Waals surface area contributed by atoms with Crippen molar-refractivity contribution in [3.63, 3.8) is 0 Å². The van der Waals surface area contributed by atoms with Gasteiger partial charge in [0, 0.05) is 55.8 Å². The molecule has 0 unspecified atom stereocenters. The van der Waals surface area contributed by atoms with Crippen molar-refractivity contribution in [1.29, 1.82) is 0 Å². The van der Waals surface area contributed by atoms with Gasteiger partial charge >= 0.3 is 12.1 Å². The van der Waals surface area contributed by atoms with E-state index in [0.29, 0.717) is 45.4 Å². The van der Waals surface area contributed by atoms with Crippen molar-refractivity contribution >= 4 is 28.9 Å². The van der Waals surface area contributed by atoms with Gasteiger partial charge in [0.2, 0.25) is 5.91 Å². The number of allylic oxidation sites excluding steroid dienone is 2. The number of aromatic amines is 1. The lowest BCUT2D eigenvalue weighted by Gasteiger charge is -2.41. The zero-order valence-electron chi connectivity index (χ0n) is 22.9. The van der Waals surface area contributed by atoms with Gasteiger partial charge in [-0.15, -0.1) is 0 Å². The highest BCUT2D eigenvalue weighted by atomic mass is 16.2. The van der Waals surface area contributed by atoms with Gasteiger partial charge in [-0.25, -0.2) is 9.59 Å². The number of likely N-dealkylation sites (tertiary alicyclic amines) is 1. The summed E-state index contributed by atoms with van der Waals surface area (Å²) in [6, 6.07) is 2.99. The maximum absolute atomic E-state index is 13.6. The van der Waals surface area contributed by atoms with Gasteiger partial charge in [0.15, 0.2) is 0 Å². The molecule has 0 saturated carbocycles. The van der Waals surface area contributed by atoms with Crippen molar-refractivity contribution in [2.24, 2.45) is 0 Å². The summed E-state index contributed by atoms with van der Waals surface area (Å²) in [7, 11) is 0. The number of fused-ring (bicyclic) bond motifs is 3. The van der Waals surface area contributed by atoms with E-state index in [2.05, 4.69) is 27.4 Å². The Labute approximate surface area is 228 Å². The topological polar surface area (TPSA) is 114 Å². The molecule has 0 spiro atoms. The summed E-state index contributed by atoms with van der Waals surface area (Å²) >= 11 is 0. The van der Waals surface area contributed by atoms with Crippen molar-refractivity contribution < 1.29 is 14.4 Å². The van der Waals surface area contributed by atoms with Gasteiger partial charge in [0.25, 0.3) is 0 Å². The Balaban J connectivity index is 1.26. The molecule has 3 aliphatic heterocycles. The van der Waals surface area contributed by atoms with Crippen LogP contribution in [0.25, 0.3) is 10.9 Å². The van der Waals surface area contributed by atoms with Gasteiger partial charge in [-0.05, 0) is 62.5 Å². The van der Waals surface area contributed by atoms with Crippen LogP contribution in [0.5, 0.6) is 0 Å². The lowest BCUT2D eigenvalue weighted by molar-refractivity contribution is -0.135. The Morgan fingerprint density at radius 2 is 1.97 bits per heavy atom. The van der Waals surface area contributed by atoms with E-state index in [-0.39, 0.29) is 30.1 Å². The predicted octanol–water partition coefficient (Wildman–Crippen LogP) is 3.44. The highest BCUT2D eigenvalue weighted by Crippen LogP contribution is 2.28. The molecule has 3 N–H and O–H groups in total. The van der Waals surface area contributed by atoms with Gasteiger partial charge in [0.05, 0.1) is 11.7 Å². The minimum Gasteiger partial charge on any atom is -0.334 e. The molecule has 0 aliphatic carbocycles. The number of aromatic nitrogens is 2. The first-order chi connectivity index (χ1) is 18.8. The first-order valence-electron chi connectivity index (χ1n) is 13.7. The van der Waals surface area contributed by atoms with E-state index in [1.807, 2.05) is 54.9 Å². The molecule has 2 aromatic rings. The SMILES string of the molecule is C=CC1=C(/C=C\C)CN(C2CCN(C(=O)N[C@@H]3Cc4ccc5[nH]ncc5c4CN(C(C)C)C3=O)CC2)C(=O)N1. The standard InChI is InChI=1S/C29H37N7O3/c1-5-7-20-16-36(29(39)31-24(20)6-2)21-10-12-34(13-11-21)28(38)32-26-14-19-8-9-25-22(15-30-33-25)23(19)17-35(18(3)4)27(26)37/h5-9,15,18,21,26H,2,10-14,16-17H2,1,3-4H3,(H,30,33)(H,31,39)(H,32,38)/b7-5-/t26-/m1/s1. The third-order valence-electron chi connectivity index (χ3n) is 8.04. The van der Waals surface area contributed by atoms with Crippen LogP contribution in [0.2, 0.25) is 0 Å². The molecule has 0 radical (unpaired) electrons. The third-order valence-corrected chi connectivity index (χ3v) is 8.04. The Hall–Kier alpha value is -4.08. The highest BCUT2D eigenvalue weighted by Gasteiger charge is 2.36. The van der Waals surface area contributed by atoms with E-state index in [1.165, 1.54) is 0 Å². The van der Waals surface area contributed by atoms with E-state index in [1.54, 1.807) is 17.2 Å². The molecule has 1 aromatic carbocycles. The van der Waals surface area contributed by atoms with Crippen LogP contribution in [0.15, 0.2) is 54.4 Å². The Bertz CT molecular complexity index is 1350. The molecule has 206 valence electrons. The van der Waals surface area contributed by atoms with Crippen molar-refractivity contribution in [2.75, 3.05) is 19.6 Å². The number of urea groups is 2. The number of carbonyl (C=O) groups is 3. The monoisotopic (exact) mass is 531 g/mol. The van der Waals surface area contributed by atoms with Gasteiger partial charge < -0.3 is 25.3 Å². The molecule has 4 heterocycles. The minimum absolute atomic E-state index is 0.0143. The highest BCUT2D eigenvalue weighted by molar-refractivity contribution is 5.90. The van der Waals surface area contributed by atoms with Crippen molar-refractivity contribution in [3.05, 3.63) is 65.5 Å². The summed E-state index contributed by atoms with van der Waals surface area (Å²) in [5.41, 5.74) is 4.81. The molecule has 3 aliphatic rings. The maximum atomic E-state index is 13.6. The molecule has 1 saturated heterocycles. The number of piperidine rings is 1. The second-order valence-corrected chi connectivity index (χ2v) is 10.7. The summed E-state index contributed by atoms with van der Waals surface area (Å²) < 4.78 is 0. The van der Waals surface area contributed by atoms with E-state index >= 15 is 0 Å². The van der Waals surface area contributed by atoms with Gasteiger partial charge in [0.1, 0.15) is 6.04 Å². The van der Waals surface area contributed by atoms with E-state index in [0.717, 1.165) is 33.3 Å². The fraction of sp³-hybridized carbons (Fsp3) is 0.448. The summed E-state index contributed by atoms with van der Waals surface area (Å²) in [5.74, 6) is -0.0765. The van der Waals surface area contributed by atoms with Gasteiger partial charge in [-0.1, -0.05) is 24.8 Å². The van der Waals surface area contributed by atoms with E-state index in [4.69, 9.17) is 0 Å². The van der Waals surface area contributed by atoms with Crippen LogP contribution < -0.4 is 10.6 Å². The number of hydrogen-bond donors (Lipinski definition) is 3. The Kier molecular flexibility index (Phi) is 7.45. The zero-order chi connectivity index (χ0) is 27.7. The number of nitrogens with zero attached hydrogens (tertiary/aromatic N) is 4. The first kappa shape index (κ1) is 26.5. The van der Waals surface area contributed by atoms with Crippen molar-refractivity contribution in [2.45, 2.75) is 64.7 Å². The molecule has 0 bridgehead atoms. The molecular formula is C29H37N7O3. The van der Waals surface area contributed by atoms with Crippen LogP contribution in [-0.4, -0.2) is 80.6 Å². The molecular weight excluding hydrogens is 494 g/mol. The van der Waals surface area contributed by atoms with Crippen LogP contribution in [0.3, 0.4) is 0 Å². The normalized spacial score (nSPS) is 21.0. The summed E-state index contributed by atoms with van der Waals surface area (Å²) in [6.07, 6.45) is 9.19. The number of amides is 5. The molecule has 1 aromatic heterocycles. The number of hydrogen-bond acceptors (Lipinski definition) is 4. The quantitative estimate of drug-likeness (QED) is 0.549. The lowest BCUT2D eigenvalue weighted by atomic mass is 9.98. The van der Waals surface area contributed by atoms with Crippen molar-refractivity contribution in [1.82, 2.24) is 35.5 Å². The molecule has 10 heteroatoms. The second-order valence-electron chi connectivity index (χ2n) is 10.7. The van der Waals surface area contributed by atoms with Gasteiger partial charge in [-0.2, -0.15) is 5.10 Å². The summed E-state index contributed by atoms with van der Waals surface area (Å²) in [6.45, 7) is 11.8. The Morgan fingerprint density at radius 1 is 1.21 bits per heavy atom. The van der Waals surface area contributed by atoms with E-state index < -0.39 is 6.04 Å². The Morgan fingerprint density at radius 3 is 2.67 bits per heavy atom. The first-order valence-corrected chi connectivity index (χ1v) is 13.7. The van der Waals surface area contributed by atoms with E-state index in [9.17, 15) is 14.4 Å². The molecule has 39 heavy (non-hydrogen) atoms. The van der Waals surface area contributed by atoms with Crippen molar-refractivity contribution in [3.8, 4) is 0 Å². The number of nitrogens with one attached hydrogen (secondary N) is 3. The molecule has 10 nitrogen and oxygen atoms in total. The number of carbonyl (C=O) groups excluding carboxylic acids is 3. The molecule has 1 fully saturated rings. The average Bonchev–Trinajstić information content (AvgIpc) is 3.36. The third kappa shape index (κ3) is 5.15. The molecule has 1 atom stereocenters. The number of H-pyrrole nitrogens is 1. The van der Waals surface area contributed by atoms with Crippen LogP contribution in [0.4, 0.5) is 9.59 Å². The predicted molar refractivity (Wildman–Crippen MR) is 150 cm³/mol.